The number of nitrogens with one attached hydrogen (secondary N) is 1. The highest BCUT2D eigenvalue weighted by molar-refractivity contribution is 7.92. The van der Waals surface area contributed by atoms with Crippen molar-refractivity contribution in [3.05, 3.63) is 124 Å². The van der Waals surface area contributed by atoms with E-state index >= 15 is 0 Å². The van der Waals surface area contributed by atoms with Gasteiger partial charge in [0.15, 0.2) is 0 Å². The van der Waals surface area contributed by atoms with E-state index in [1.807, 2.05) is 49.4 Å². The fraction of sp³-hybridized carbons (Fsp3) is 0.316. The molecule has 0 spiro atoms. The smallest absolute Gasteiger partial charge is 0.264 e. The van der Waals surface area contributed by atoms with E-state index in [4.69, 9.17) is 27.9 Å². The first-order chi connectivity index (χ1) is 23.5. The molecular weight excluding hydrogens is 681 g/mol. The Bertz CT molecular complexity index is 1850. The number of rotatable bonds is 13. The average molecular weight is 723 g/mol. The van der Waals surface area contributed by atoms with Gasteiger partial charge in [-0.1, -0.05) is 103 Å². The van der Waals surface area contributed by atoms with Gasteiger partial charge >= 0.3 is 0 Å². The van der Waals surface area contributed by atoms with E-state index in [9.17, 15) is 18.0 Å². The molecule has 1 fully saturated rings. The minimum atomic E-state index is -4.33. The Labute approximate surface area is 299 Å². The molecule has 1 saturated carbocycles. The van der Waals surface area contributed by atoms with Crippen molar-refractivity contribution in [3.8, 4) is 5.75 Å². The number of carbonyl (C=O) groups is 2. The number of hydrogen-bond acceptors (Lipinski definition) is 5. The summed E-state index contributed by atoms with van der Waals surface area (Å²) >= 11 is 12.9. The fourth-order valence-corrected chi connectivity index (χ4v) is 7.95. The maximum atomic E-state index is 14.8. The maximum absolute atomic E-state index is 14.8. The molecule has 1 aliphatic rings. The first-order valence-electron chi connectivity index (χ1n) is 16.4. The third-order valence-electron chi connectivity index (χ3n) is 8.77. The zero-order chi connectivity index (χ0) is 35.0. The molecular formula is C38H41Cl2N3O5S. The van der Waals surface area contributed by atoms with Crippen molar-refractivity contribution in [1.29, 1.82) is 0 Å². The zero-order valence-electron chi connectivity index (χ0n) is 27.6. The van der Waals surface area contributed by atoms with Gasteiger partial charge in [0.1, 0.15) is 18.3 Å². The van der Waals surface area contributed by atoms with Gasteiger partial charge in [-0.15, -0.1) is 0 Å². The summed E-state index contributed by atoms with van der Waals surface area (Å²) in [6.07, 6.45) is 5.11. The van der Waals surface area contributed by atoms with Crippen molar-refractivity contribution in [3.63, 3.8) is 0 Å². The molecule has 1 unspecified atom stereocenters. The summed E-state index contributed by atoms with van der Waals surface area (Å²) in [4.78, 5) is 30.5. The molecule has 2 amide bonds. The minimum Gasteiger partial charge on any atom is -0.497 e. The van der Waals surface area contributed by atoms with Crippen molar-refractivity contribution >= 4 is 50.7 Å². The van der Waals surface area contributed by atoms with Gasteiger partial charge in [0.25, 0.3) is 10.0 Å². The number of carbonyl (C=O) groups excluding carboxylic acids is 2. The first kappa shape index (κ1) is 36.2. The molecule has 5 rings (SSSR count). The summed E-state index contributed by atoms with van der Waals surface area (Å²) in [5, 5.41) is 3.57. The van der Waals surface area contributed by atoms with E-state index < -0.39 is 28.5 Å². The third kappa shape index (κ3) is 9.35. The number of sulfonamides is 1. The number of amides is 2. The molecule has 4 aromatic carbocycles. The van der Waals surface area contributed by atoms with Gasteiger partial charge in [0.2, 0.25) is 11.8 Å². The molecule has 8 nitrogen and oxygen atoms in total. The Balaban J connectivity index is 1.59. The summed E-state index contributed by atoms with van der Waals surface area (Å²) in [7, 11) is -2.77. The van der Waals surface area contributed by atoms with Crippen molar-refractivity contribution in [2.75, 3.05) is 18.0 Å². The number of anilines is 1. The lowest BCUT2D eigenvalue weighted by Crippen LogP contribution is -2.55. The SMILES string of the molecule is COc1cccc(CN(C(=O)CN(c2cc(Cl)ccc2Cl)S(=O)(=O)c2ccc(C)cc2)C(Cc2ccccc2)C(=O)NC2CCCCC2)c1. The summed E-state index contributed by atoms with van der Waals surface area (Å²) in [6, 6.07) is 26.6. The van der Waals surface area contributed by atoms with E-state index in [2.05, 4.69) is 5.32 Å². The van der Waals surface area contributed by atoms with Crippen LogP contribution in [0, 0.1) is 6.92 Å². The maximum Gasteiger partial charge on any atom is 0.264 e. The van der Waals surface area contributed by atoms with Gasteiger partial charge in [-0.25, -0.2) is 8.42 Å². The molecule has 0 bridgehead atoms. The van der Waals surface area contributed by atoms with Crippen molar-refractivity contribution < 1.29 is 22.7 Å². The highest BCUT2D eigenvalue weighted by atomic mass is 35.5. The number of hydrogen-bond donors (Lipinski definition) is 1. The molecule has 11 heteroatoms. The van der Waals surface area contributed by atoms with E-state index in [1.165, 1.54) is 29.2 Å². The topological polar surface area (TPSA) is 96.0 Å². The number of nitrogens with zero attached hydrogens (tertiary/aromatic N) is 2. The van der Waals surface area contributed by atoms with Crippen LogP contribution in [-0.2, 0) is 32.6 Å². The van der Waals surface area contributed by atoms with Crippen molar-refractivity contribution in [1.82, 2.24) is 10.2 Å². The first-order valence-corrected chi connectivity index (χ1v) is 18.6. The predicted molar refractivity (Wildman–Crippen MR) is 195 cm³/mol. The molecule has 0 radical (unpaired) electrons. The number of benzene rings is 4. The lowest BCUT2D eigenvalue weighted by molar-refractivity contribution is -0.140. The summed E-state index contributed by atoms with van der Waals surface area (Å²) in [5.41, 5.74) is 2.50. The normalized spacial score (nSPS) is 14.1. The third-order valence-corrected chi connectivity index (χ3v) is 11.1. The zero-order valence-corrected chi connectivity index (χ0v) is 30.0. The fourth-order valence-electron chi connectivity index (χ4n) is 6.09. The van der Waals surface area contributed by atoms with Gasteiger partial charge in [-0.05, 0) is 73.4 Å². The van der Waals surface area contributed by atoms with Crippen LogP contribution in [-0.4, -0.2) is 50.9 Å². The predicted octanol–water partition coefficient (Wildman–Crippen LogP) is 7.59. The Morgan fingerprint density at radius 2 is 1.57 bits per heavy atom. The van der Waals surface area contributed by atoms with Crippen LogP contribution in [0.5, 0.6) is 5.75 Å². The average Bonchev–Trinajstić information content (AvgIpc) is 3.10. The molecule has 0 aromatic heterocycles. The van der Waals surface area contributed by atoms with Crippen LogP contribution in [0.4, 0.5) is 5.69 Å². The quantitative estimate of drug-likeness (QED) is 0.154. The second-order valence-electron chi connectivity index (χ2n) is 12.3. The summed E-state index contributed by atoms with van der Waals surface area (Å²) in [5.74, 6) is -0.291. The highest BCUT2D eigenvalue weighted by Gasteiger charge is 2.36. The molecule has 258 valence electrons. The van der Waals surface area contributed by atoms with Crippen LogP contribution in [0.3, 0.4) is 0 Å². The monoisotopic (exact) mass is 721 g/mol. The largest absolute Gasteiger partial charge is 0.497 e. The molecule has 1 atom stereocenters. The summed E-state index contributed by atoms with van der Waals surface area (Å²) in [6.45, 7) is 1.24. The van der Waals surface area contributed by atoms with E-state index in [1.54, 1.807) is 37.4 Å². The van der Waals surface area contributed by atoms with Crippen molar-refractivity contribution in [2.24, 2.45) is 0 Å². The van der Waals surface area contributed by atoms with Crippen molar-refractivity contribution in [2.45, 2.75) is 69.0 Å². The van der Waals surface area contributed by atoms with E-state index in [0.29, 0.717) is 11.3 Å². The van der Waals surface area contributed by atoms with E-state index in [0.717, 1.165) is 47.5 Å². The minimum absolute atomic E-state index is 0.00280. The molecule has 1 aliphatic carbocycles. The second-order valence-corrected chi connectivity index (χ2v) is 15.0. The molecule has 0 saturated heterocycles. The van der Waals surface area contributed by atoms with Gasteiger partial charge in [-0.2, -0.15) is 0 Å². The molecule has 1 N–H and O–H groups in total. The Morgan fingerprint density at radius 1 is 0.878 bits per heavy atom. The second kappa shape index (κ2) is 16.6. The summed E-state index contributed by atoms with van der Waals surface area (Å²) < 4.78 is 35.1. The van der Waals surface area contributed by atoms with Gasteiger partial charge in [0, 0.05) is 24.0 Å². The molecule has 0 aliphatic heterocycles. The van der Waals surface area contributed by atoms with E-state index in [-0.39, 0.29) is 45.5 Å². The Morgan fingerprint density at radius 3 is 2.27 bits per heavy atom. The highest BCUT2D eigenvalue weighted by Crippen LogP contribution is 2.33. The Hall–Kier alpha value is -4.05. The molecule has 4 aromatic rings. The van der Waals surface area contributed by atoms with Crippen LogP contribution in [0.15, 0.2) is 102 Å². The Kier molecular flexibility index (Phi) is 12.3. The number of aryl methyl sites for hydroxylation is 1. The van der Waals surface area contributed by atoms with Crippen LogP contribution in [0.25, 0.3) is 0 Å². The number of halogens is 2. The van der Waals surface area contributed by atoms with Gasteiger partial charge in [-0.3, -0.25) is 13.9 Å². The molecule has 0 heterocycles. The standard InChI is InChI=1S/C38H41Cl2N3O5S/c1-27-16-19-33(20-17-27)49(46,47)43(35-24-30(39)18-21-34(35)40)26-37(44)42(25-29-12-9-15-32(22-29)48-2)36(23-28-10-5-3-6-11-28)38(45)41-31-13-7-4-8-14-31/h3,5-6,9-12,15-22,24,31,36H,4,7-8,13-14,23,25-26H2,1-2H3,(H,41,45). The van der Waals surface area contributed by atoms with Crippen LogP contribution >= 0.6 is 23.2 Å². The van der Waals surface area contributed by atoms with Crippen LogP contribution < -0.4 is 14.4 Å². The lowest BCUT2D eigenvalue weighted by Gasteiger charge is -2.35. The van der Waals surface area contributed by atoms with Gasteiger partial charge < -0.3 is 15.0 Å². The van der Waals surface area contributed by atoms with Crippen LogP contribution in [0.1, 0.15) is 48.8 Å². The van der Waals surface area contributed by atoms with Crippen LogP contribution in [0.2, 0.25) is 10.0 Å². The molecule has 49 heavy (non-hydrogen) atoms. The number of ether oxygens (including phenoxy) is 1. The van der Waals surface area contributed by atoms with Gasteiger partial charge in [0.05, 0.1) is 22.7 Å². The number of methoxy groups -OCH3 is 1. The lowest BCUT2D eigenvalue weighted by atomic mass is 9.94.